The summed E-state index contributed by atoms with van der Waals surface area (Å²) in [7, 11) is 1.71. The lowest BCUT2D eigenvalue weighted by molar-refractivity contribution is -0.113. The van der Waals surface area contributed by atoms with Crippen LogP contribution in [0.5, 0.6) is 0 Å². The molecule has 0 aromatic heterocycles. The molecule has 3 heteroatoms. The van der Waals surface area contributed by atoms with E-state index in [0.717, 1.165) is 12.8 Å². The number of aliphatic hydroxyl groups is 1. The van der Waals surface area contributed by atoms with Crippen LogP contribution in [0.4, 0.5) is 0 Å². The minimum atomic E-state index is -0.0244. The van der Waals surface area contributed by atoms with Gasteiger partial charge in [0.1, 0.15) is 0 Å². The van der Waals surface area contributed by atoms with E-state index in [2.05, 4.69) is 0 Å². The van der Waals surface area contributed by atoms with E-state index in [0.29, 0.717) is 0 Å². The second kappa shape index (κ2) is 4.04. The van der Waals surface area contributed by atoms with E-state index in [1.807, 2.05) is 6.92 Å². The quantitative estimate of drug-likeness (QED) is 0.641. The van der Waals surface area contributed by atoms with Crippen LogP contribution in [0.2, 0.25) is 0 Å². The second-order valence-corrected chi connectivity index (χ2v) is 3.08. The predicted molar refractivity (Wildman–Crippen MR) is 41.5 cm³/mol. The van der Waals surface area contributed by atoms with Gasteiger partial charge in [0, 0.05) is 13.5 Å². The first-order chi connectivity index (χ1) is 5.26. The Kier molecular flexibility index (Phi) is 3.30. The van der Waals surface area contributed by atoms with Crippen LogP contribution in [-0.4, -0.2) is 37.1 Å². The lowest BCUT2D eigenvalue weighted by Crippen LogP contribution is -2.36. The maximum absolute atomic E-state index is 8.84. The van der Waals surface area contributed by atoms with Gasteiger partial charge in [0.05, 0.1) is 24.9 Å². The first kappa shape index (κ1) is 8.97. The predicted octanol–water partition coefficient (Wildman–Crippen LogP) is 0.561. The molecule has 1 fully saturated rings. The van der Waals surface area contributed by atoms with Crippen LogP contribution in [0.3, 0.4) is 0 Å². The largest absolute Gasteiger partial charge is 0.394 e. The third kappa shape index (κ3) is 2.43. The van der Waals surface area contributed by atoms with Gasteiger partial charge in [-0.05, 0) is 13.3 Å². The highest BCUT2D eigenvalue weighted by Crippen LogP contribution is 2.20. The number of rotatable bonds is 2. The van der Waals surface area contributed by atoms with Crippen molar-refractivity contribution in [2.24, 2.45) is 0 Å². The molecule has 1 heterocycles. The molecular formula is C8H16O3. The van der Waals surface area contributed by atoms with Gasteiger partial charge >= 0.3 is 0 Å². The van der Waals surface area contributed by atoms with E-state index in [4.69, 9.17) is 14.6 Å². The Labute approximate surface area is 67.3 Å². The van der Waals surface area contributed by atoms with Crippen molar-refractivity contribution in [3.05, 3.63) is 0 Å². The summed E-state index contributed by atoms with van der Waals surface area (Å²) in [6.07, 6.45) is 2.20. The molecule has 0 radical (unpaired) electrons. The van der Waals surface area contributed by atoms with E-state index in [-0.39, 0.29) is 24.9 Å². The van der Waals surface area contributed by atoms with Crippen molar-refractivity contribution in [3.8, 4) is 0 Å². The molecule has 1 N–H and O–H groups in total. The average molecular weight is 160 g/mol. The summed E-state index contributed by atoms with van der Waals surface area (Å²) >= 11 is 0. The molecule has 66 valence electrons. The topological polar surface area (TPSA) is 38.7 Å². The fraction of sp³-hybridized carbons (Fsp3) is 1.00. The van der Waals surface area contributed by atoms with Crippen molar-refractivity contribution in [1.29, 1.82) is 0 Å². The van der Waals surface area contributed by atoms with Crippen LogP contribution in [0, 0.1) is 0 Å². The molecule has 0 aromatic carbocycles. The van der Waals surface area contributed by atoms with Crippen molar-refractivity contribution in [2.75, 3.05) is 13.7 Å². The van der Waals surface area contributed by atoms with E-state index < -0.39 is 0 Å². The number of hydrogen-bond donors (Lipinski definition) is 1. The lowest BCUT2D eigenvalue weighted by atomic mass is 10.0. The molecule has 1 rings (SSSR count). The third-order valence-electron chi connectivity index (χ3n) is 2.08. The molecule has 1 aliphatic rings. The molecular weight excluding hydrogens is 144 g/mol. The van der Waals surface area contributed by atoms with Crippen LogP contribution in [0.1, 0.15) is 19.8 Å². The maximum Gasteiger partial charge on any atom is 0.0834 e. The van der Waals surface area contributed by atoms with Crippen LogP contribution >= 0.6 is 0 Å². The Bertz CT molecular complexity index is 104. The van der Waals surface area contributed by atoms with Gasteiger partial charge in [-0.1, -0.05) is 0 Å². The normalized spacial score (nSPS) is 39.0. The molecule has 0 spiro atoms. The summed E-state index contributed by atoms with van der Waals surface area (Å²) in [4.78, 5) is 0. The highest BCUT2D eigenvalue weighted by molar-refractivity contribution is 4.75. The summed E-state index contributed by atoms with van der Waals surface area (Å²) in [5, 5.41) is 8.84. The Morgan fingerprint density at radius 3 is 2.82 bits per heavy atom. The number of ether oxygens (including phenoxy) is 2. The summed E-state index contributed by atoms with van der Waals surface area (Å²) in [5.41, 5.74) is 0. The molecule has 0 aliphatic carbocycles. The maximum atomic E-state index is 8.84. The monoisotopic (exact) mass is 160 g/mol. The van der Waals surface area contributed by atoms with Gasteiger partial charge < -0.3 is 14.6 Å². The van der Waals surface area contributed by atoms with Crippen molar-refractivity contribution < 1.29 is 14.6 Å². The van der Waals surface area contributed by atoms with Crippen molar-refractivity contribution >= 4 is 0 Å². The highest BCUT2D eigenvalue weighted by Gasteiger charge is 2.26. The van der Waals surface area contributed by atoms with Crippen LogP contribution < -0.4 is 0 Å². The zero-order chi connectivity index (χ0) is 8.27. The number of methoxy groups -OCH3 is 1. The van der Waals surface area contributed by atoms with Gasteiger partial charge in [-0.2, -0.15) is 0 Å². The first-order valence-electron chi connectivity index (χ1n) is 4.05. The van der Waals surface area contributed by atoms with Crippen molar-refractivity contribution in [1.82, 2.24) is 0 Å². The van der Waals surface area contributed by atoms with Crippen LogP contribution in [-0.2, 0) is 9.47 Å². The lowest BCUT2D eigenvalue weighted by Gasteiger charge is -2.31. The summed E-state index contributed by atoms with van der Waals surface area (Å²) in [5.74, 6) is 0. The van der Waals surface area contributed by atoms with E-state index in [9.17, 15) is 0 Å². The van der Waals surface area contributed by atoms with E-state index in [1.165, 1.54) is 0 Å². The number of hydrogen-bond acceptors (Lipinski definition) is 3. The van der Waals surface area contributed by atoms with E-state index >= 15 is 0 Å². The Hall–Kier alpha value is -0.120. The van der Waals surface area contributed by atoms with Crippen molar-refractivity contribution in [3.63, 3.8) is 0 Å². The third-order valence-corrected chi connectivity index (χ3v) is 2.08. The molecule has 0 bridgehead atoms. The molecule has 0 saturated carbocycles. The van der Waals surface area contributed by atoms with Gasteiger partial charge in [0.15, 0.2) is 0 Å². The fourth-order valence-electron chi connectivity index (χ4n) is 1.51. The minimum Gasteiger partial charge on any atom is -0.394 e. The van der Waals surface area contributed by atoms with E-state index in [1.54, 1.807) is 7.11 Å². The summed E-state index contributed by atoms with van der Waals surface area (Å²) in [6.45, 7) is 2.11. The van der Waals surface area contributed by atoms with Gasteiger partial charge in [-0.15, -0.1) is 0 Å². The first-order valence-corrected chi connectivity index (χ1v) is 4.05. The average Bonchev–Trinajstić information content (AvgIpc) is 2.03. The summed E-state index contributed by atoms with van der Waals surface area (Å²) in [6, 6.07) is 0. The molecule has 11 heavy (non-hydrogen) atoms. The molecule has 0 aromatic rings. The Balaban J connectivity index is 2.37. The SMILES string of the molecule is CO[C@H]1C[C@@H](CO)O[C@@H](C)C1. The van der Waals surface area contributed by atoms with Gasteiger partial charge in [-0.3, -0.25) is 0 Å². The molecule has 0 unspecified atom stereocenters. The standard InChI is InChI=1S/C8H16O3/c1-6-3-7(10-2)4-8(5-9)11-6/h6-9H,3-5H2,1-2H3/t6-,7+,8-/m0/s1. The molecule has 3 nitrogen and oxygen atoms in total. The minimum absolute atomic E-state index is 0.0244. The zero-order valence-corrected chi connectivity index (χ0v) is 7.12. The fourth-order valence-corrected chi connectivity index (χ4v) is 1.51. The van der Waals surface area contributed by atoms with Gasteiger partial charge in [0.25, 0.3) is 0 Å². The van der Waals surface area contributed by atoms with Gasteiger partial charge in [-0.25, -0.2) is 0 Å². The Morgan fingerprint density at radius 1 is 1.55 bits per heavy atom. The van der Waals surface area contributed by atoms with Crippen molar-refractivity contribution in [2.45, 2.75) is 38.1 Å². The number of aliphatic hydroxyl groups excluding tert-OH is 1. The Morgan fingerprint density at radius 2 is 2.27 bits per heavy atom. The second-order valence-electron chi connectivity index (χ2n) is 3.08. The molecule has 1 saturated heterocycles. The summed E-state index contributed by atoms with van der Waals surface area (Å²) < 4.78 is 10.6. The highest BCUT2D eigenvalue weighted by atomic mass is 16.5. The van der Waals surface area contributed by atoms with Gasteiger partial charge in [0.2, 0.25) is 0 Å². The smallest absolute Gasteiger partial charge is 0.0834 e. The zero-order valence-electron chi connectivity index (χ0n) is 7.12. The molecule has 1 aliphatic heterocycles. The molecule has 0 amide bonds. The molecule has 3 atom stereocenters. The van der Waals surface area contributed by atoms with Crippen LogP contribution in [0.25, 0.3) is 0 Å². The van der Waals surface area contributed by atoms with Crippen LogP contribution in [0.15, 0.2) is 0 Å².